The zero-order valence-electron chi connectivity index (χ0n) is 5.51. The van der Waals surface area contributed by atoms with E-state index in [9.17, 15) is 0 Å². The van der Waals surface area contributed by atoms with Gasteiger partial charge >= 0.3 is 0 Å². The van der Waals surface area contributed by atoms with Crippen molar-refractivity contribution >= 4 is 0 Å². The molecule has 0 aromatic heterocycles. The molecule has 0 bridgehead atoms. The van der Waals surface area contributed by atoms with Crippen molar-refractivity contribution < 1.29 is 9.78 Å². The van der Waals surface area contributed by atoms with E-state index >= 15 is 0 Å². The van der Waals surface area contributed by atoms with Gasteiger partial charge < -0.3 is 4.89 Å². The Labute approximate surface area is 55.4 Å². The molecule has 1 heterocycles. The second-order valence-corrected chi connectivity index (χ2v) is 2.14. The second kappa shape index (κ2) is 4.39. The fourth-order valence-electron chi connectivity index (χ4n) is 0.795. The van der Waals surface area contributed by atoms with E-state index in [2.05, 4.69) is 4.89 Å². The lowest BCUT2D eigenvalue weighted by Crippen LogP contribution is -1.89. The third-order valence-electron chi connectivity index (χ3n) is 1.32. The number of rotatable bonds is 0. The van der Waals surface area contributed by atoms with Gasteiger partial charge in [0.15, 0.2) is 0 Å². The van der Waals surface area contributed by atoms with Crippen LogP contribution >= 0.6 is 0 Å². The van der Waals surface area contributed by atoms with Gasteiger partial charge in [-0.15, -0.1) is 0 Å². The molecule has 0 atom stereocenters. The van der Waals surface area contributed by atoms with Crippen LogP contribution in [0.1, 0.15) is 25.7 Å². The van der Waals surface area contributed by atoms with Crippen LogP contribution in [-0.2, 0) is 9.78 Å². The zero-order chi connectivity index (χ0) is 6.36. The first kappa shape index (κ1) is 6.62. The first-order valence-electron chi connectivity index (χ1n) is 3.43. The summed E-state index contributed by atoms with van der Waals surface area (Å²) < 4.78 is 0. The Bertz CT molecular complexity index is 78.9. The Morgan fingerprint density at radius 2 is 2.11 bits per heavy atom. The normalized spacial score (nSPS) is 21.3. The summed E-state index contributed by atoms with van der Waals surface area (Å²) in [5, 5.41) is 0. The molecule has 1 aliphatic heterocycles. The highest BCUT2D eigenvalue weighted by Crippen LogP contribution is 2.03. The molecule has 0 spiro atoms. The van der Waals surface area contributed by atoms with Gasteiger partial charge in [-0.25, -0.2) is 0 Å². The Kier molecular flexibility index (Phi) is 3.22. The van der Waals surface area contributed by atoms with Crippen LogP contribution in [0.15, 0.2) is 12.3 Å². The van der Waals surface area contributed by atoms with Gasteiger partial charge in [-0.3, -0.25) is 0 Å². The van der Waals surface area contributed by atoms with Crippen molar-refractivity contribution in [2.24, 2.45) is 0 Å². The molecule has 0 saturated heterocycles. The molecule has 0 unspecified atom stereocenters. The molecule has 0 amide bonds. The van der Waals surface area contributed by atoms with E-state index < -0.39 is 0 Å². The zero-order valence-corrected chi connectivity index (χ0v) is 5.51. The highest BCUT2D eigenvalue weighted by atomic mass is 17.2. The summed E-state index contributed by atoms with van der Waals surface area (Å²) >= 11 is 0. The molecular formula is C7H12O2. The molecule has 0 aromatic carbocycles. The van der Waals surface area contributed by atoms with Crippen molar-refractivity contribution in [3.8, 4) is 0 Å². The lowest BCUT2D eigenvalue weighted by Gasteiger charge is -1.96. The Morgan fingerprint density at radius 3 is 3.11 bits per heavy atom. The molecule has 0 N–H and O–H groups in total. The van der Waals surface area contributed by atoms with E-state index in [1.807, 2.05) is 6.08 Å². The van der Waals surface area contributed by atoms with Crippen LogP contribution in [-0.4, -0.2) is 6.61 Å². The van der Waals surface area contributed by atoms with Gasteiger partial charge in [0.05, 0.1) is 6.61 Å². The Balaban J connectivity index is 2.15. The maximum atomic E-state index is 4.77. The largest absolute Gasteiger partial charge is 0.346 e. The number of hydrogen-bond donors (Lipinski definition) is 0. The van der Waals surface area contributed by atoms with Gasteiger partial charge in [0, 0.05) is 0 Å². The van der Waals surface area contributed by atoms with Crippen molar-refractivity contribution in [1.29, 1.82) is 0 Å². The molecule has 0 fully saturated rings. The van der Waals surface area contributed by atoms with Crippen molar-refractivity contribution in [2.45, 2.75) is 25.7 Å². The van der Waals surface area contributed by atoms with Gasteiger partial charge in [-0.1, -0.05) is 6.42 Å². The molecular weight excluding hydrogens is 116 g/mol. The van der Waals surface area contributed by atoms with Crippen LogP contribution in [0.2, 0.25) is 0 Å². The predicted octanol–water partition coefficient (Wildman–Crippen LogP) is 2.02. The molecule has 1 aliphatic rings. The predicted molar refractivity (Wildman–Crippen MR) is 34.6 cm³/mol. The van der Waals surface area contributed by atoms with Gasteiger partial charge in [0.25, 0.3) is 0 Å². The maximum Gasteiger partial charge on any atom is 0.125 e. The van der Waals surface area contributed by atoms with Crippen LogP contribution in [0.5, 0.6) is 0 Å². The van der Waals surface area contributed by atoms with E-state index in [0.29, 0.717) is 0 Å². The summed E-state index contributed by atoms with van der Waals surface area (Å²) in [7, 11) is 0. The summed E-state index contributed by atoms with van der Waals surface area (Å²) in [5.74, 6) is 0. The molecule has 9 heavy (non-hydrogen) atoms. The molecule has 1 rings (SSSR count). The van der Waals surface area contributed by atoms with E-state index in [4.69, 9.17) is 4.89 Å². The minimum absolute atomic E-state index is 0.727. The van der Waals surface area contributed by atoms with Crippen molar-refractivity contribution in [2.75, 3.05) is 6.61 Å². The monoisotopic (exact) mass is 128 g/mol. The van der Waals surface area contributed by atoms with Gasteiger partial charge in [0.2, 0.25) is 0 Å². The fourth-order valence-corrected chi connectivity index (χ4v) is 0.795. The quantitative estimate of drug-likeness (QED) is 0.465. The standard InChI is InChI=1S/C7H12O2/c1-2-4-6-8-9-7-5-3-1/h4,6H,1-3,5,7H2. The fraction of sp³-hybridized carbons (Fsp3) is 0.714. The number of hydrogen-bond acceptors (Lipinski definition) is 2. The highest BCUT2D eigenvalue weighted by Gasteiger charge is 1.91. The minimum atomic E-state index is 0.727. The molecule has 0 saturated carbocycles. The third kappa shape index (κ3) is 3.14. The van der Waals surface area contributed by atoms with Gasteiger partial charge in [0.1, 0.15) is 6.26 Å². The summed E-state index contributed by atoms with van der Waals surface area (Å²) in [5.41, 5.74) is 0. The van der Waals surface area contributed by atoms with E-state index in [1.165, 1.54) is 12.8 Å². The SMILES string of the molecule is C1=COOCCCCC1. The van der Waals surface area contributed by atoms with Crippen molar-refractivity contribution in [1.82, 2.24) is 0 Å². The van der Waals surface area contributed by atoms with E-state index in [0.717, 1.165) is 19.4 Å². The lowest BCUT2D eigenvalue weighted by molar-refractivity contribution is -0.248. The van der Waals surface area contributed by atoms with Crippen LogP contribution in [0.4, 0.5) is 0 Å². The lowest BCUT2D eigenvalue weighted by atomic mass is 10.2. The Hall–Kier alpha value is -0.500. The molecule has 2 nitrogen and oxygen atoms in total. The molecule has 52 valence electrons. The Morgan fingerprint density at radius 1 is 1.11 bits per heavy atom. The molecule has 0 aromatic rings. The van der Waals surface area contributed by atoms with Gasteiger partial charge in [-0.05, 0) is 25.3 Å². The average molecular weight is 128 g/mol. The van der Waals surface area contributed by atoms with Crippen LogP contribution in [0, 0.1) is 0 Å². The van der Waals surface area contributed by atoms with Crippen molar-refractivity contribution in [3.63, 3.8) is 0 Å². The molecule has 0 aliphatic carbocycles. The summed E-state index contributed by atoms with van der Waals surface area (Å²) in [6, 6.07) is 0. The van der Waals surface area contributed by atoms with E-state index in [1.54, 1.807) is 6.26 Å². The first-order valence-corrected chi connectivity index (χ1v) is 3.43. The smallest absolute Gasteiger partial charge is 0.125 e. The topological polar surface area (TPSA) is 18.5 Å². The van der Waals surface area contributed by atoms with Gasteiger partial charge in [-0.2, -0.15) is 4.89 Å². The second-order valence-electron chi connectivity index (χ2n) is 2.14. The average Bonchev–Trinajstić information content (AvgIpc) is 2.00. The highest BCUT2D eigenvalue weighted by molar-refractivity contribution is 4.72. The summed E-state index contributed by atoms with van der Waals surface area (Å²) in [4.78, 5) is 9.44. The molecule has 2 heteroatoms. The van der Waals surface area contributed by atoms with Crippen LogP contribution in [0.25, 0.3) is 0 Å². The number of allylic oxidation sites excluding steroid dienone is 1. The van der Waals surface area contributed by atoms with E-state index in [-0.39, 0.29) is 0 Å². The molecule has 0 radical (unpaired) electrons. The summed E-state index contributed by atoms with van der Waals surface area (Å²) in [6.45, 7) is 0.727. The minimum Gasteiger partial charge on any atom is -0.346 e. The third-order valence-corrected chi connectivity index (χ3v) is 1.32. The first-order chi connectivity index (χ1) is 4.50. The summed E-state index contributed by atoms with van der Waals surface area (Å²) in [6.07, 6.45) is 8.33. The van der Waals surface area contributed by atoms with Crippen LogP contribution in [0.3, 0.4) is 0 Å². The van der Waals surface area contributed by atoms with Crippen LogP contribution < -0.4 is 0 Å². The maximum absolute atomic E-state index is 4.77. The van der Waals surface area contributed by atoms with Crippen molar-refractivity contribution in [3.05, 3.63) is 12.3 Å².